The van der Waals surface area contributed by atoms with Crippen molar-refractivity contribution in [3.63, 3.8) is 0 Å². The fourth-order valence-electron chi connectivity index (χ4n) is 3.73. The number of aromatic hydroxyl groups is 1. The number of aromatic nitrogens is 2. The molecule has 1 aliphatic heterocycles. The molecule has 4 rings (SSSR count). The fraction of sp³-hybridized carbons (Fsp3) is 0.238. The Labute approximate surface area is 181 Å². The van der Waals surface area contributed by atoms with Crippen LogP contribution in [0.3, 0.4) is 0 Å². The number of hydrogen-bond donors (Lipinski definition) is 2. The third kappa shape index (κ3) is 3.66. The lowest BCUT2D eigenvalue weighted by atomic mass is 9.95. The first-order chi connectivity index (χ1) is 14.0. The molecule has 1 unspecified atom stereocenters. The normalized spacial score (nSPS) is 15.8. The fourth-order valence-corrected chi connectivity index (χ4v) is 4.32. The predicted octanol–water partition coefficient (Wildman–Crippen LogP) is 4.78. The molecule has 3 aromatic rings. The van der Waals surface area contributed by atoms with Crippen LogP contribution in [0.5, 0.6) is 5.75 Å². The highest BCUT2D eigenvalue weighted by Crippen LogP contribution is 2.45. The van der Waals surface area contributed by atoms with E-state index in [2.05, 4.69) is 26.1 Å². The highest BCUT2D eigenvalue weighted by Gasteiger charge is 2.42. The summed E-state index contributed by atoms with van der Waals surface area (Å²) in [5, 5.41) is 18.1. The lowest BCUT2D eigenvalue weighted by Gasteiger charge is -2.26. The largest absolute Gasteiger partial charge is 0.507 e. The molecule has 0 radical (unpaired) electrons. The number of rotatable bonds is 6. The summed E-state index contributed by atoms with van der Waals surface area (Å²) in [7, 11) is 1.64. The zero-order valence-corrected chi connectivity index (χ0v) is 18.0. The quantitative estimate of drug-likeness (QED) is 0.502. The monoisotopic (exact) mass is 475 g/mol. The number of aromatic amines is 1. The summed E-state index contributed by atoms with van der Waals surface area (Å²) in [6.07, 6.45) is 0.711. The van der Waals surface area contributed by atoms with E-state index in [0.717, 1.165) is 15.6 Å². The second-order valence-corrected chi connectivity index (χ2v) is 8.18. The Morgan fingerprint density at radius 1 is 1.31 bits per heavy atom. The van der Waals surface area contributed by atoms with Crippen molar-refractivity contribution in [2.75, 3.05) is 20.3 Å². The number of fused-ring (bicyclic) bond motifs is 1. The first kappa shape index (κ1) is 19.9. The van der Waals surface area contributed by atoms with Crippen molar-refractivity contribution in [2.45, 2.75) is 12.5 Å². The number of ether oxygens (including phenoxy) is 1. The topological polar surface area (TPSA) is 78.5 Å². The highest BCUT2D eigenvalue weighted by molar-refractivity contribution is 9.10. The molecule has 1 atom stereocenters. The zero-order chi connectivity index (χ0) is 20.5. The van der Waals surface area contributed by atoms with E-state index in [0.29, 0.717) is 41.5 Å². The first-order valence-electron chi connectivity index (χ1n) is 9.13. The second-order valence-electron chi connectivity index (χ2n) is 6.82. The minimum atomic E-state index is -0.334. The Balaban J connectivity index is 1.86. The van der Waals surface area contributed by atoms with Gasteiger partial charge >= 0.3 is 0 Å². The van der Waals surface area contributed by atoms with Crippen molar-refractivity contribution < 1.29 is 14.6 Å². The van der Waals surface area contributed by atoms with E-state index in [1.54, 1.807) is 19.2 Å². The van der Waals surface area contributed by atoms with E-state index in [1.807, 2.05) is 29.2 Å². The Morgan fingerprint density at radius 3 is 2.90 bits per heavy atom. The minimum Gasteiger partial charge on any atom is -0.507 e. The van der Waals surface area contributed by atoms with E-state index in [1.165, 1.54) is 6.07 Å². The average molecular weight is 477 g/mol. The average Bonchev–Trinajstić information content (AvgIpc) is 3.23. The van der Waals surface area contributed by atoms with Crippen LogP contribution in [0.2, 0.25) is 5.02 Å². The number of benzene rings is 2. The van der Waals surface area contributed by atoms with Gasteiger partial charge in [-0.1, -0.05) is 39.7 Å². The van der Waals surface area contributed by atoms with Gasteiger partial charge in [-0.2, -0.15) is 5.10 Å². The third-order valence-corrected chi connectivity index (χ3v) is 5.72. The Bertz CT molecular complexity index is 1070. The van der Waals surface area contributed by atoms with E-state index in [-0.39, 0.29) is 17.7 Å². The van der Waals surface area contributed by atoms with Crippen molar-refractivity contribution in [3.05, 3.63) is 68.8 Å². The molecule has 1 aromatic heterocycles. The van der Waals surface area contributed by atoms with Crippen molar-refractivity contribution in [1.29, 1.82) is 0 Å². The summed E-state index contributed by atoms with van der Waals surface area (Å²) < 4.78 is 6.08. The molecule has 6 nitrogen and oxygen atoms in total. The maximum Gasteiger partial charge on any atom is 0.273 e. The molecule has 2 N–H and O–H groups in total. The molecule has 0 spiro atoms. The molecule has 1 amide bonds. The molecule has 0 aliphatic carbocycles. The van der Waals surface area contributed by atoms with Gasteiger partial charge in [0.1, 0.15) is 17.1 Å². The van der Waals surface area contributed by atoms with E-state index >= 15 is 0 Å². The standard InChI is InChI=1S/C21H19BrClN3O3/c1-29-9-3-8-26-20(12-4-2-5-13(22)10-12)17-18(24-25-19(17)21(26)28)15-11-14(23)6-7-16(15)27/h2,4-7,10-11,20,27H,3,8-9H2,1H3,(H,24,25). The number of carbonyl (C=O) groups is 1. The summed E-state index contributed by atoms with van der Waals surface area (Å²) in [6.45, 7) is 1.09. The van der Waals surface area contributed by atoms with E-state index in [9.17, 15) is 9.90 Å². The maximum absolute atomic E-state index is 13.2. The number of halogens is 2. The molecule has 8 heteroatoms. The molecular weight excluding hydrogens is 458 g/mol. The molecule has 2 heterocycles. The number of hydrogen-bond acceptors (Lipinski definition) is 4. The zero-order valence-electron chi connectivity index (χ0n) is 15.7. The van der Waals surface area contributed by atoms with Crippen molar-refractivity contribution >= 4 is 33.4 Å². The van der Waals surface area contributed by atoms with Crippen LogP contribution >= 0.6 is 27.5 Å². The molecule has 2 aromatic carbocycles. The number of H-pyrrole nitrogens is 1. The van der Waals surface area contributed by atoms with Gasteiger partial charge < -0.3 is 14.7 Å². The number of nitrogens with zero attached hydrogens (tertiary/aromatic N) is 2. The number of phenols is 1. The first-order valence-corrected chi connectivity index (χ1v) is 10.3. The SMILES string of the molecule is COCCCN1C(=O)c2[nH]nc(-c3cc(Cl)ccc3O)c2C1c1cccc(Br)c1. The van der Waals surface area contributed by atoms with Crippen LogP contribution in [0, 0.1) is 0 Å². The van der Waals surface area contributed by atoms with Crippen LogP contribution in [0.15, 0.2) is 46.9 Å². The van der Waals surface area contributed by atoms with Crippen LogP contribution in [0.25, 0.3) is 11.3 Å². The summed E-state index contributed by atoms with van der Waals surface area (Å²) in [6, 6.07) is 12.3. The van der Waals surface area contributed by atoms with Gasteiger partial charge in [-0.15, -0.1) is 0 Å². The van der Waals surface area contributed by atoms with Gasteiger partial charge in [0.25, 0.3) is 5.91 Å². The molecule has 29 heavy (non-hydrogen) atoms. The van der Waals surface area contributed by atoms with Gasteiger partial charge in [0.05, 0.1) is 6.04 Å². The predicted molar refractivity (Wildman–Crippen MR) is 114 cm³/mol. The Kier molecular flexibility index (Phi) is 5.63. The second kappa shape index (κ2) is 8.18. The van der Waals surface area contributed by atoms with Crippen LogP contribution in [0.1, 0.15) is 34.1 Å². The van der Waals surface area contributed by atoms with Crippen LogP contribution in [-0.2, 0) is 4.74 Å². The molecule has 1 aliphatic rings. The van der Waals surface area contributed by atoms with E-state index in [4.69, 9.17) is 16.3 Å². The number of methoxy groups -OCH3 is 1. The smallest absolute Gasteiger partial charge is 0.273 e. The van der Waals surface area contributed by atoms with Gasteiger partial charge in [-0.3, -0.25) is 9.89 Å². The molecule has 0 saturated carbocycles. The van der Waals surface area contributed by atoms with Crippen molar-refractivity contribution in [1.82, 2.24) is 15.1 Å². The summed E-state index contributed by atoms with van der Waals surface area (Å²) in [5.74, 6) is -0.0664. The van der Waals surface area contributed by atoms with Crippen molar-refractivity contribution in [2.24, 2.45) is 0 Å². The molecule has 0 bridgehead atoms. The maximum atomic E-state index is 13.2. The van der Waals surface area contributed by atoms with Crippen LogP contribution in [0.4, 0.5) is 0 Å². The Morgan fingerprint density at radius 2 is 2.14 bits per heavy atom. The van der Waals surface area contributed by atoms with Gasteiger partial charge in [0.2, 0.25) is 0 Å². The van der Waals surface area contributed by atoms with Crippen LogP contribution in [-0.4, -0.2) is 46.4 Å². The third-order valence-electron chi connectivity index (χ3n) is 4.99. The van der Waals surface area contributed by atoms with Crippen molar-refractivity contribution in [3.8, 4) is 17.0 Å². The van der Waals surface area contributed by atoms with Gasteiger partial charge in [0.15, 0.2) is 0 Å². The van der Waals surface area contributed by atoms with Crippen LogP contribution < -0.4 is 0 Å². The number of phenolic OH excluding ortho intramolecular Hbond substituents is 1. The Hall–Kier alpha value is -2.35. The van der Waals surface area contributed by atoms with E-state index < -0.39 is 0 Å². The molecule has 150 valence electrons. The molecular formula is C21H19BrClN3O3. The number of amides is 1. The summed E-state index contributed by atoms with van der Waals surface area (Å²) >= 11 is 9.67. The lowest BCUT2D eigenvalue weighted by Crippen LogP contribution is -2.31. The lowest BCUT2D eigenvalue weighted by molar-refractivity contribution is 0.0723. The highest BCUT2D eigenvalue weighted by atomic mass is 79.9. The minimum absolute atomic E-state index is 0.0574. The van der Waals surface area contributed by atoms with Gasteiger partial charge in [-0.05, 0) is 42.3 Å². The summed E-state index contributed by atoms with van der Waals surface area (Å²) in [4.78, 5) is 15.0. The van der Waals surface area contributed by atoms with Gasteiger partial charge in [-0.25, -0.2) is 0 Å². The molecule has 0 saturated heterocycles. The molecule has 0 fully saturated rings. The number of nitrogens with one attached hydrogen (secondary N) is 1. The number of carbonyl (C=O) groups excluding carboxylic acids is 1. The van der Waals surface area contributed by atoms with Gasteiger partial charge in [0, 0.05) is 40.9 Å². The summed E-state index contributed by atoms with van der Waals surface area (Å²) in [5.41, 5.74) is 3.13.